The second kappa shape index (κ2) is 7.16. The van der Waals surface area contributed by atoms with E-state index >= 15 is 0 Å². The van der Waals surface area contributed by atoms with Crippen LogP contribution in [-0.4, -0.2) is 17.9 Å². The molecule has 0 saturated heterocycles. The maximum Gasteiger partial charge on any atom is 0.224 e. The predicted molar refractivity (Wildman–Crippen MR) is 97.9 cm³/mol. The summed E-state index contributed by atoms with van der Waals surface area (Å²) in [7, 11) is 0. The van der Waals surface area contributed by atoms with Crippen LogP contribution in [0.25, 0.3) is 0 Å². The molecule has 146 valence electrons. The molecule has 0 aromatic rings. The highest BCUT2D eigenvalue weighted by Gasteiger charge is 2.54. The maximum absolute atomic E-state index is 13.1. The monoisotopic (exact) mass is 360 g/mol. The molecule has 3 atom stereocenters. The lowest BCUT2D eigenvalue weighted by molar-refractivity contribution is -0.314. The molecule has 0 aromatic carbocycles. The summed E-state index contributed by atoms with van der Waals surface area (Å²) in [5.74, 6) is 0.568. The first-order valence-electron chi connectivity index (χ1n) is 11.0. The number of rotatable bonds is 6. The van der Waals surface area contributed by atoms with Crippen molar-refractivity contribution < 1.29 is 14.7 Å². The standard InChI is InChI=1S/C22H35NO3/c1-2-5-19(22-11-14-8-15(12-22)10-16(9-14)13-22)23-20(24)17-6-3-4-7-18(17)21(25)26/h14-19H,2-13H2,1H3,(H,23,24)(H,25,26)/p-1/t14?,15?,16?,17-,18-,19+,22?/m0/s1. The molecular formula is C22H34NO3-. The Balaban J connectivity index is 1.50. The Hall–Kier alpha value is -1.06. The van der Waals surface area contributed by atoms with Crippen LogP contribution in [0.4, 0.5) is 0 Å². The van der Waals surface area contributed by atoms with E-state index < -0.39 is 11.9 Å². The zero-order chi connectivity index (χ0) is 18.3. The van der Waals surface area contributed by atoms with E-state index in [0.717, 1.165) is 43.4 Å². The van der Waals surface area contributed by atoms with Crippen LogP contribution in [-0.2, 0) is 9.59 Å². The van der Waals surface area contributed by atoms with Crippen molar-refractivity contribution in [3.05, 3.63) is 0 Å². The molecule has 0 aromatic heterocycles. The van der Waals surface area contributed by atoms with Crippen molar-refractivity contribution in [2.24, 2.45) is 35.0 Å². The summed E-state index contributed by atoms with van der Waals surface area (Å²) in [6, 6.07) is 0.234. The van der Waals surface area contributed by atoms with E-state index in [1.165, 1.54) is 38.5 Å². The minimum atomic E-state index is -1.04. The van der Waals surface area contributed by atoms with Crippen molar-refractivity contribution in [2.75, 3.05) is 0 Å². The topological polar surface area (TPSA) is 69.2 Å². The molecule has 1 N–H and O–H groups in total. The van der Waals surface area contributed by atoms with Gasteiger partial charge in [0.2, 0.25) is 5.91 Å². The first-order chi connectivity index (χ1) is 12.5. The third kappa shape index (κ3) is 3.29. The summed E-state index contributed by atoms with van der Waals surface area (Å²) >= 11 is 0. The van der Waals surface area contributed by atoms with Crippen molar-refractivity contribution >= 4 is 11.9 Å². The van der Waals surface area contributed by atoms with E-state index in [4.69, 9.17) is 0 Å². The van der Waals surface area contributed by atoms with Gasteiger partial charge in [0.25, 0.3) is 0 Å². The molecule has 5 aliphatic carbocycles. The summed E-state index contributed by atoms with van der Waals surface area (Å²) in [6.07, 6.45) is 13.3. The summed E-state index contributed by atoms with van der Waals surface area (Å²) in [5, 5.41) is 14.9. The fraction of sp³-hybridized carbons (Fsp3) is 0.909. The number of aliphatic carboxylic acids is 1. The lowest BCUT2D eigenvalue weighted by atomic mass is 9.47. The van der Waals surface area contributed by atoms with Crippen LogP contribution in [0.5, 0.6) is 0 Å². The van der Waals surface area contributed by atoms with Crippen LogP contribution in [0.3, 0.4) is 0 Å². The summed E-state index contributed by atoms with van der Waals surface area (Å²) in [5.41, 5.74) is 0.284. The number of carbonyl (C=O) groups excluding carboxylic acids is 2. The molecule has 4 nitrogen and oxygen atoms in total. The summed E-state index contributed by atoms with van der Waals surface area (Å²) < 4.78 is 0. The molecule has 5 saturated carbocycles. The van der Waals surface area contributed by atoms with Crippen molar-refractivity contribution in [3.63, 3.8) is 0 Å². The Morgan fingerprint density at radius 3 is 2.04 bits per heavy atom. The Kier molecular flexibility index (Phi) is 5.04. The average molecular weight is 361 g/mol. The van der Waals surface area contributed by atoms with Gasteiger partial charge in [0.05, 0.1) is 0 Å². The van der Waals surface area contributed by atoms with E-state index in [1.807, 2.05) is 0 Å². The van der Waals surface area contributed by atoms with E-state index in [-0.39, 0.29) is 23.3 Å². The Bertz CT molecular complexity index is 522. The highest BCUT2D eigenvalue weighted by Crippen LogP contribution is 2.61. The second-order valence-electron chi connectivity index (χ2n) is 9.95. The van der Waals surface area contributed by atoms with Gasteiger partial charge >= 0.3 is 0 Å². The first-order valence-corrected chi connectivity index (χ1v) is 11.0. The molecule has 26 heavy (non-hydrogen) atoms. The SMILES string of the molecule is CCC[C@@H](NC(=O)[C@H]1CCCC[C@@H]1C(=O)[O-])C12CC3CC(CC(C3)C1)C2. The molecule has 0 radical (unpaired) electrons. The summed E-state index contributed by atoms with van der Waals surface area (Å²) in [6.45, 7) is 2.20. The lowest BCUT2D eigenvalue weighted by Crippen LogP contribution is -2.58. The Morgan fingerprint density at radius 1 is 1.00 bits per heavy atom. The fourth-order valence-electron chi connectivity index (χ4n) is 7.43. The zero-order valence-electron chi connectivity index (χ0n) is 16.2. The quantitative estimate of drug-likeness (QED) is 0.791. The van der Waals surface area contributed by atoms with E-state index in [1.54, 1.807) is 0 Å². The fourth-order valence-corrected chi connectivity index (χ4v) is 7.43. The third-order valence-corrected chi connectivity index (χ3v) is 8.12. The lowest BCUT2D eigenvalue weighted by Gasteiger charge is -2.59. The molecule has 0 spiro atoms. The molecule has 5 rings (SSSR count). The van der Waals surface area contributed by atoms with Crippen molar-refractivity contribution in [2.45, 2.75) is 90.0 Å². The number of amides is 1. The minimum absolute atomic E-state index is 0.00639. The van der Waals surface area contributed by atoms with Crippen LogP contribution >= 0.6 is 0 Å². The molecule has 5 aliphatic rings. The Morgan fingerprint density at radius 2 is 1.54 bits per heavy atom. The number of carbonyl (C=O) groups is 2. The van der Waals surface area contributed by atoms with Crippen LogP contribution < -0.4 is 10.4 Å². The largest absolute Gasteiger partial charge is 0.550 e. The van der Waals surface area contributed by atoms with Crippen molar-refractivity contribution in [1.29, 1.82) is 0 Å². The molecule has 0 unspecified atom stereocenters. The van der Waals surface area contributed by atoms with Crippen molar-refractivity contribution in [1.82, 2.24) is 5.32 Å². The third-order valence-electron chi connectivity index (χ3n) is 8.12. The number of nitrogens with one attached hydrogen (secondary N) is 1. The van der Waals surface area contributed by atoms with Gasteiger partial charge in [-0.3, -0.25) is 4.79 Å². The molecule has 5 fully saturated rings. The maximum atomic E-state index is 13.1. The predicted octanol–water partition coefficient (Wildman–Crippen LogP) is 3.04. The average Bonchev–Trinajstić information content (AvgIpc) is 2.60. The first kappa shape index (κ1) is 18.3. The van der Waals surface area contributed by atoms with Gasteiger partial charge in [0, 0.05) is 23.8 Å². The number of hydrogen-bond donors (Lipinski definition) is 1. The normalized spacial score (nSPS) is 42.4. The summed E-state index contributed by atoms with van der Waals surface area (Å²) in [4.78, 5) is 24.6. The highest BCUT2D eigenvalue weighted by atomic mass is 16.4. The van der Waals surface area contributed by atoms with Gasteiger partial charge < -0.3 is 15.2 Å². The number of carboxylic acid groups (broad SMARTS) is 1. The van der Waals surface area contributed by atoms with Crippen LogP contribution in [0, 0.1) is 35.0 Å². The smallest absolute Gasteiger partial charge is 0.224 e. The molecule has 1 amide bonds. The minimum Gasteiger partial charge on any atom is -0.550 e. The van der Waals surface area contributed by atoms with Crippen LogP contribution in [0.1, 0.15) is 84.0 Å². The van der Waals surface area contributed by atoms with Gasteiger partial charge in [-0.05, 0) is 81.0 Å². The molecule has 4 heteroatoms. The van der Waals surface area contributed by atoms with Gasteiger partial charge in [-0.15, -0.1) is 0 Å². The highest BCUT2D eigenvalue weighted by molar-refractivity contribution is 5.84. The van der Waals surface area contributed by atoms with Gasteiger partial charge in [-0.25, -0.2) is 0 Å². The number of carboxylic acids is 1. The van der Waals surface area contributed by atoms with E-state index in [0.29, 0.717) is 12.8 Å². The van der Waals surface area contributed by atoms with Gasteiger partial charge in [-0.1, -0.05) is 26.2 Å². The second-order valence-corrected chi connectivity index (χ2v) is 9.95. The Labute approximate surface area is 157 Å². The van der Waals surface area contributed by atoms with Gasteiger partial charge in [0.15, 0.2) is 0 Å². The van der Waals surface area contributed by atoms with Gasteiger partial charge in [0.1, 0.15) is 0 Å². The molecule has 4 bridgehead atoms. The van der Waals surface area contributed by atoms with Crippen LogP contribution in [0.15, 0.2) is 0 Å². The molecular weight excluding hydrogens is 326 g/mol. The zero-order valence-corrected chi connectivity index (χ0v) is 16.2. The van der Waals surface area contributed by atoms with E-state index in [9.17, 15) is 14.7 Å². The van der Waals surface area contributed by atoms with E-state index in [2.05, 4.69) is 12.2 Å². The van der Waals surface area contributed by atoms with Crippen molar-refractivity contribution in [3.8, 4) is 0 Å². The van der Waals surface area contributed by atoms with Crippen LogP contribution in [0.2, 0.25) is 0 Å². The number of hydrogen-bond acceptors (Lipinski definition) is 3. The molecule has 0 heterocycles. The molecule has 0 aliphatic heterocycles. The van der Waals surface area contributed by atoms with Gasteiger partial charge in [-0.2, -0.15) is 0 Å².